The van der Waals surface area contributed by atoms with Crippen molar-refractivity contribution in [3.63, 3.8) is 0 Å². The Bertz CT molecular complexity index is 441. The number of hydrogen-bond donors (Lipinski definition) is 1. The van der Waals surface area contributed by atoms with E-state index >= 15 is 0 Å². The third kappa shape index (κ3) is 6.87. The summed E-state index contributed by atoms with van der Waals surface area (Å²) in [5.74, 6) is -1.65. The van der Waals surface area contributed by atoms with Crippen LogP contribution in [0.15, 0.2) is 24.4 Å². The second-order valence-corrected chi connectivity index (χ2v) is 5.83. The molecule has 0 atom stereocenters. The van der Waals surface area contributed by atoms with Crippen LogP contribution in [0.1, 0.15) is 41.0 Å². The largest absolute Gasteiger partial charge is 0.457 e. The highest BCUT2D eigenvalue weighted by molar-refractivity contribution is 6.04. The number of hydrogen-bond acceptors (Lipinski definition) is 4. The number of ether oxygens (including phenoxy) is 1. The fourth-order valence-corrected chi connectivity index (χ4v) is 1.09. The average Bonchev–Trinajstić information content (AvgIpc) is 2.25. The second kappa shape index (κ2) is 7.03. The Balaban J connectivity index is 4.47. The number of allylic oxidation sites excluding steroid dienone is 1. The fraction of sp³-hybridized carbons (Fsp3) is 0.533. The molecular weight excluding hydrogens is 258 g/mol. The van der Waals surface area contributed by atoms with Crippen molar-refractivity contribution in [2.24, 2.45) is 5.92 Å². The highest BCUT2D eigenvalue weighted by atomic mass is 16.6. The minimum Gasteiger partial charge on any atom is -0.457 e. The smallest absolute Gasteiger partial charge is 0.334 e. The molecule has 20 heavy (non-hydrogen) atoms. The molecule has 0 radical (unpaired) electrons. The SMILES string of the molecule is C=C(CC(=O)C(=C)NC(=O)C(C)C)C(=O)OC(C)(C)C. The van der Waals surface area contributed by atoms with Gasteiger partial charge in [0.05, 0.1) is 5.70 Å². The number of carbonyl (C=O) groups is 3. The monoisotopic (exact) mass is 281 g/mol. The predicted octanol–water partition coefficient (Wildman–Crippen LogP) is 2.13. The van der Waals surface area contributed by atoms with Crippen molar-refractivity contribution in [2.75, 3.05) is 0 Å². The summed E-state index contributed by atoms with van der Waals surface area (Å²) in [5.41, 5.74) is -0.662. The maximum atomic E-state index is 11.8. The molecule has 0 aliphatic heterocycles. The van der Waals surface area contributed by atoms with Crippen LogP contribution < -0.4 is 5.32 Å². The molecule has 5 nitrogen and oxygen atoms in total. The zero-order chi connectivity index (χ0) is 16.1. The van der Waals surface area contributed by atoms with Gasteiger partial charge in [-0.05, 0) is 20.8 Å². The third-order valence-electron chi connectivity index (χ3n) is 2.20. The van der Waals surface area contributed by atoms with Crippen LogP contribution in [-0.2, 0) is 19.1 Å². The normalized spacial score (nSPS) is 10.9. The van der Waals surface area contributed by atoms with E-state index in [2.05, 4.69) is 18.5 Å². The molecule has 0 aromatic heterocycles. The summed E-state index contributed by atoms with van der Waals surface area (Å²) in [6.07, 6.45) is -0.230. The Kier molecular flexibility index (Phi) is 6.36. The second-order valence-electron chi connectivity index (χ2n) is 5.83. The fourth-order valence-electron chi connectivity index (χ4n) is 1.09. The number of esters is 1. The van der Waals surface area contributed by atoms with E-state index in [1.807, 2.05) is 0 Å². The van der Waals surface area contributed by atoms with E-state index in [0.717, 1.165) is 0 Å². The summed E-state index contributed by atoms with van der Waals surface area (Å²) in [7, 11) is 0. The van der Waals surface area contributed by atoms with Crippen LogP contribution in [0.2, 0.25) is 0 Å². The van der Waals surface area contributed by atoms with Crippen molar-refractivity contribution in [1.82, 2.24) is 5.32 Å². The third-order valence-corrected chi connectivity index (χ3v) is 2.20. The molecule has 0 unspecified atom stereocenters. The van der Waals surface area contributed by atoms with Crippen LogP contribution in [0.25, 0.3) is 0 Å². The standard InChI is InChI=1S/C15H23NO4/c1-9(2)13(18)16-11(4)12(17)8-10(3)14(19)20-15(5,6)7/h9H,3-4,8H2,1-2,5-7H3,(H,16,18). The van der Waals surface area contributed by atoms with Crippen molar-refractivity contribution in [1.29, 1.82) is 0 Å². The highest BCUT2D eigenvalue weighted by Crippen LogP contribution is 2.13. The van der Waals surface area contributed by atoms with Crippen molar-refractivity contribution in [2.45, 2.75) is 46.6 Å². The number of ketones is 1. The summed E-state index contributed by atoms with van der Waals surface area (Å²) in [4.78, 5) is 34.9. The van der Waals surface area contributed by atoms with E-state index in [9.17, 15) is 14.4 Å². The molecule has 0 bridgehead atoms. The van der Waals surface area contributed by atoms with E-state index in [4.69, 9.17) is 4.74 Å². The number of carbonyl (C=O) groups excluding carboxylic acids is 3. The Labute approximate surface area is 120 Å². The van der Waals surface area contributed by atoms with Crippen LogP contribution >= 0.6 is 0 Å². The number of Topliss-reactive ketones (excluding diaryl/α,β-unsaturated/α-hetero) is 1. The van der Waals surface area contributed by atoms with Gasteiger partial charge in [-0.2, -0.15) is 0 Å². The van der Waals surface area contributed by atoms with Gasteiger partial charge in [0.1, 0.15) is 5.60 Å². The summed E-state index contributed by atoms with van der Waals surface area (Å²) in [5, 5.41) is 2.40. The molecule has 0 saturated carbocycles. The van der Waals surface area contributed by atoms with Crippen molar-refractivity contribution < 1.29 is 19.1 Å². The first kappa shape index (κ1) is 18.1. The minimum atomic E-state index is -0.647. The van der Waals surface area contributed by atoms with Gasteiger partial charge in [0.2, 0.25) is 5.91 Å². The molecule has 0 rings (SSSR count). The van der Waals surface area contributed by atoms with E-state index in [1.54, 1.807) is 34.6 Å². The van der Waals surface area contributed by atoms with Gasteiger partial charge in [0.25, 0.3) is 0 Å². The van der Waals surface area contributed by atoms with Crippen molar-refractivity contribution in [3.8, 4) is 0 Å². The van der Waals surface area contributed by atoms with E-state index in [0.29, 0.717) is 0 Å². The lowest BCUT2D eigenvalue weighted by atomic mass is 10.1. The van der Waals surface area contributed by atoms with Gasteiger partial charge in [-0.25, -0.2) is 4.79 Å². The molecule has 0 spiro atoms. The Morgan fingerprint density at radius 2 is 1.65 bits per heavy atom. The summed E-state index contributed by atoms with van der Waals surface area (Å²) in [6, 6.07) is 0. The van der Waals surface area contributed by atoms with Gasteiger partial charge in [-0.1, -0.05) is 27.0 Å². The Hall–Kier alpha value is -1.91. The van der Waals surface area contributed by atoms with Crippen LogP contribution in [0, 0.1) is 5.92 Å². The first-order valence-corrected chi connectivity index (χ1v) is 6.38. The zero-order valence-corrected chi connectivity index (χ0v) is 12.8. The highest BCUT2D eigenvalue weighted by Gasteiger charge is 2.21. The van der Waals surface area contributed by atoms with Gasteiger partial charge in [0, 0.05) is 17.9 Å². The molecule has 1 N–H and O–H groups in total. The van der Waals surface area contributed by atoms with Gasteiger partial charge in [-0.15, -0.1) is 0 Å². The number of rotatable bonds is 6. The van der Waals surface area contributed by atoms with Crippen LogP contribution in [0.5, 0.6) is 0 Å². The molecule has 0 fully saturated rings. The van der Waals surface area contributed by atoms with Crippen LogP contribution in [-0.4, -0.2) is 23.3 Å². The molecule has 0 aromatic rings. The lowest BCUT2D eigenvalue weighted by Gasteiger charge is -2.20. The first-order valence-electron chi connectivity index (χ1n) is 6.38. The maximum absolute atomic E-state index is 11.8. The lowest BCUT2D eigenvalue weighted by molar-refractivity contribution is -0.150. The molecule has 0 heterocycles. The summed E-state index contributed by atoms with van der Waals surface area (Å²) < 4.78 is 5.09. The van der Waals surface area contributed by atoms with Crippen molar-refractivity contribution >= 4 is 17.7 Å². The van der Waals surface area contributed by atoms with E-state index < -0.39 is 17.4 Å². The van der Waals surface area contributed by atoms with Gasteiger partial charge >= 0.3 is 5.97 Å². The van der Waals surface area contributed by atoms with Crippen LogP contribution in [0.4, 0.5) is 0 Å². The van der Waals surface area contributed by atoms with E-state index in [1.165, 1.54) is 0 Å². The first-order chi connectivity index (χ1) is 8.94. The molecule has 5 heteroatoms. The number of amides is 1. The molecule has 0 aromatic carbocycles. The van der Waals surface area contributed by atoms with Gasteiger partial charge < -0.3 is 10.1 Å². The number of nitrogens with one attached hydrogen (secondary N) is 1. The lowest BCUT2D eigenvalue weighted by Crippen LogP contribution is -2.31. The molecule has 0 saturated heterocycles. The molecule has 0 aliphatic rings. The maximum Gasteiger partial charge on any atom is 0.334 e. The average molecular weight is 281 g/mol. The van der Waals surface area contributed by atoms with Gasteiger partial charge in [0.15, 0.2) is 5.78 Å². The zero-order valence-electron chi connectivity index (χ0n) is 12.8. The topological polar surface area (TPSA) is 72.5 Å². The Morgan fingerprint density at radius 3 is 2.05 bits per heavy atom. The Morgan fingerprint density at radius 1 is 1.15 bits per heavy atom. The van der Waals surface area contributed by atoms with Crippen LogP contribution in [0.3, 0.4) is 0 Å². The van der Waals surface area contributed by atoms with Gasteiger partial charge in [-0.3, -0.25) is 9.59 Å². The molecule has 0 aliphatic carbocycles. The van der Waals surface area contributed by atoms with Crippen molar-refractivity contribution in [3.05, 3.63) is 24.4 Å². The molecular formula is C15H23NO4. The summed E-state index contributed by atoms with van der Waals surface area (Å²) in [6.45, 7) is 15.6. The minimum absolute atomic E-state index is 0.0323. The quantitative estimate of drug-likeness (QED) is 0.598. The molecule has 112 valence electrons. The summed E-state index contributed by atoms with van der Waals surface area (Å²) >= 11 is 0. The predicted molar refractivity (Wildman–Crippen MR) is 76.7 cm³/mol. The van der Waals surface area contributed by atoms with E-state index in [-0.39, 0.29) is 29.5 Å². The molecule has 1 amide bonds.